The van der Waals surface area contributed by atoms with Gasteiger partial charge in [0.15, 0.2) is 0 Å². The molecule has 0 aromatic rings. The van der Waals surface area contributed by atoms with Crippen LogP contribution in [0.15, 0.2) is 0 Å². The fourth-order valence-corrected chi connectivity index (χ4v) is 1.53. The molecule has 64 valence electrons. The summed E-state index contributed by atoms with van der Waals surface area (Å²) in [6.45, 7) is 0. The Bertz CT molecular complexity index is 149. The van der Waals surface area contributed by atoms with E-state index in [0.29, 0.717) is 0 Å². The minimum absolute atomic E-state index is 0.00231. The van der Waals surface area contributed by atoms with Crippen LogP contribution in [0, 0.1) is 0 Å². The van der Waals surface area contributed by atoms with E-state index in [1.807, 2.05) is 0 Å². The lowest BCUT2D eigenvalue weighted by Crippen LogP contribution is -2.39. The highest BCUT2D eigenvalue weighted by Gasteiger charge is 2.27. The highest BCUT2D eigenvalue weighted by Crippen LogP contribution is 2.21. The van der Waals surface area contributed by atoms with Gasteiger partial charge in [-0.3, -0.25) is 0 Å². The van der Waals surface area contributed by atoms with Gasteiger partial charge in [0.2, 0.25) is 0 Å². The highest BCUT2D eigenvalue weighted by molar-refractivity contribution is 5.65. The molecule has 0 saturated heterocycles. The number of ether oxygens (including phenoxy) is 1. The summed E-state index contributed by atoms with van der Waals surface area (Å²) in [5, 5.41) is 10.9. The van der Waals surface area contributed by atoms with E-state index < -0.39 is 6.09 Å². The van der Waals surface area contributed by atoms with Gasteiger partial charge in [0.05, 0.1) is 12.1 Å². The Balaban J connectivity index is 2.37. The normalized spacial score (nSPS) is 30.3. The zero-order chi connectivity index (χ0) is 8.27. The SMILES string of the molecule is COC1CCCC1NC(=O)O. The third-order valence-electron chi connectivity index (χ3n) is 2.06. The number of hydrogen-bond acceptors (Lipinski definition) is 2. The zero-order valence-corrected chi connectivity index (χ0v) is 6.54. The molecule has 4 nitrogen and oxygen atoms in total. The Kier molecular flexibility index (Phi) is 2.70. The van der Waals surface area contributed by atoms with Crippen LogP contribution < -0.4 is 5.32 Å². The first-order valence-electron chi connectivity index (χ1n) is 3.76. The smallest absolute Gasteiger partial charge is 0.404 e. The molecule has 0 heterocycles. The third-order valence-corrected chi connectivity index (χ3v) is 2.06. The summed E-state index contributed by atoms with van der Waals surface area (Å²) in [6.07, 6.45) is 2.01. The van der Waals surface area contributed by atoms with Crippen molar-refractivity contribution in [2.24, 2.45) is 0 Å². The summed E-state index contributed by atoms with van der Waals surface area (Å²) in [5.41, 5.74) is 0. The van der Waals surface area contributed by atoms with Gasteiger partial charge in [-0.2, -0.15) is 0 Å². The molecule has 0 aromatic heterocycles. The van der Waals surface area contributed by atoms with E-state index in [4.69, 9.17) is 9.84 Å². The molecular formula is C7H13NO3. The van der Waals surface area contributed by atoms with E-state index in [0.717, 1.165) is 19.3 Å². The maximum atomic E-state index is 10.3. The van der Waals surface area contributed by atoms with Crippen LogP contribution in [-0.4, -0.2) is 30.5 Å². The van der Waals surface area contributed by atoms with Gasteiger partial charge in [-0.05, 0) is 19.3 Å². The van der Waals surface area contributed by atoms with Crippen LogP contribution in [0.4, 0.5) is 4.79 Å². The number of carbonyl (C=O) groups is 1. The van der Waals surface area contributed by atoms with Gasteiger partial charge in [0.25, 0.3) is 0 Å². The zero-order valence-electron chi connectivity index (χ0n) is 6.54. The summed E-state index contributed by atoms with van der Waals surface area (Å²) in [4.78, 5) is 10.3. The number of rotatable bonds is 2. The molecule has 1 aliphatic carbocycles. The fourth-order valence-electron chi connectivity index (χ4n) is 1.53. The van der Waals surface area contributed by atoms with Gasteiger partial charge >= 0.3 is 6.09 Å². The molecule has 0 aromatic carbocycles. The number of amides is 1. The van der Waals surface area contributed by atoms with Crippen molar-refractivity contribution < 1.29 is 14.6 Å². The first-order chi connectivity index (χ1) is 5.24. The van der Waals surface area contributed by atoms with Gasteiger partial charge in [0, 0.05) is 7.11 Å². The molecule has 0 bridgehead atoms. The van der Waals surface area contributed by atoms with Crippen LogP contribution in [0.2, 0.25) is 0 Å². The quantitative estimate of drug-likeness (QED) is 0.627. The van der Waals surface area contributed by atoms with Crippen molar-refractivity contribution >= 4 is 6.09 Å². The van der Waals surface area contributed by atoms with Gasteiger partial charge < -0.3 is 15.2 Å². The standard InChI is InChI=1S/C7H13NO3/c1-11-6-4-2-3-5(6)8-7(9)10/h5-6,8H,2-4H2,1H3,(H,9,10). The third kappa shape index (κ3) is 2.08. The van der Waals surface area contributed by atoms with Gasteiger partial charge in [0.1, 0.15) is 0 Å². The molecule has 2 unspecified atom stereocenters. The molecule has 2 atom stereocenters. The van der Waals surface area contributed by atoms with Crippen molar-refractivity contribution in [2.75, 3.05) is 7.11 Å². The molecule has 0 radical (unpaired) electrons. The van der Waals surface area contributed by atoms with E-state index in [-0.39, 0.29) is 12.1 Å². The largest absolute Gasteiger partial charge is 0.465 e. The second-order valence-corrected chi connectivity index (χ2v) is 2.76. The predicted octanol–water partition coefficient (Wildman–Crippen LogP) is 0.822. The van der Waals surface area contributed by atoms with Gasteiger partial charge in [-0.25, -0.2) is 4.79 Å². The molecule has 1 rings (SSSR count). The lowest BCUT2D eigenvalue weighted by Gasteiger charge is -2.17. The minimum atomic E-state index is -0.959. The Hall–Kier alpha value is -0.770. The summed E-state index contributed by atoms with van der Waals surface area (Å²) >= 11 is 0. The lowest BCUT2D eigenvalue weighted by molar-refractivity contribution is 0.0837. The average molecular weight is 159 g/mol. The van der Waals surface area contributed by atoms with E-state index in [9.17, 15) is 4.79 Å². The molecule has 0 spiro atoms. The second kappa shape index (κ2) is 3.57. The van der Waals surface area contributed by atoms with Crippen LogP contribution in [0.5, 0.6) is 0 Å². The van der Waals surface area contributed by atoms with Crippen LogP contribution in [0.25, 0.3) is 0 Å². The topological polar surface area (TPSA) is 58.6 Å². The Morgan fingerprint density at radius 3 is 2.91 bits per heavy atom. The summed E-state index contributed by atoms with van der Waals surface area (Å²) in [7, 11) is 1.62. The van der Waals surface area contributed by atoms with Crippen LogP contribution in [-0.2, 0) is 4.74 Å². The van der Waals surface area contributed by atoms with Crippen LogP contribution in [0.3, 0.4) is 0 Å². The molecule has 2 N–H and O–H groups in total. The maximum absolute atomic E-state index is 10.3. The molecular weight excluding hydrogens is 146 g/mol. The average Bonchev–Trinajstić information content (AvgIpc) is 2.34. The van der Waals surface area contributed by atoms with E-state index in [1.165, 1.54) is 0 Å². The van der Waals surface area contributed by atoms with Gasteiger partial charge in [-0.15, -0.1) is 0 Å². The van der Waals surface area contributed by atoms with Crippen molar-refractivity contribution in [1.82, 2.24) is 5.32 Å². The molecule has 1 saturated carbocycles. The highest BCUT2D eigenvalue weighted by atomic mass is 16.5. The Labute approximate surface area is 65.5 Å². The predicted molar refractivity (Wildman–Crippen MR) is 39.6 cm³/mol. The van der Waals surface area contributed by atoms with Gasteiger partial charge in [-0.1, -0.05) is 0 Å². The molecule has 4 heteroatoms. The lowest BCUT2D eigenvalue weighted by atomic mass is 10.2. The van der Waals surface area contributed by atoms with Crippen molar-refractivity contribution in [3.8, 4) is 0 Å². The molecule has 11 heavy (non-hydrogen) atoms. The summed E-state index contributed by atoms with van der Waals surface area (Å²) < 4.78 is 5.10. The van der Waals surface area contributed by atoms with E-state index in [2.05, 4.69) is 5.32 Å². The second-order valence-electron chi connectivity index (χ2n) is 2.76. The maximum Gasteiger partial charge on any atom is 0.404 e. The van der Waals surface area contributed by atoms with Crippen molar-refractivity contribution in [1.29, 1.82) is 0 Å². The number of nitrogens with one attached hydrogen (secondary N) is 1. The van der Waals surface area contributed by atoms with Crippen molar-refractivity contribution in [3.63, 3.8) is 0 Å². The Morgan fingerprint density at radius 1 is 1.64 bits per heavy atom. The molecule has 1 amide bonds. The molecule has 1 aliphatic rings. The molecule has 0 aliphatic heterocycles. The number of methoxy groups -OCH3 is 1. The first-order valence-corrected chi connectivity index (χ1v) is 3.76. The monoisotopic (exact) mass is 159 g/mol. The first kappa shape index (κ1) is 8.33. The van der Waals surface area contributed by atoms with Crippen molar-refractivity contribution in [2.45, 2.75) is 31.4 Å². The minimum Gasteiger partial charge on any atom is -0.465 e. The van der Waals surface area contributed by atoms with Crippen LogP contribution in [0.1, 0.15) is 19.3 Å². The van der Waals surface area contributed by atoms with E-state index >= 15 is 0 Å². The Morgan fingerprint density at radius 2 is 2.36 bits per heavy atom. The number of carboxylic acid groups (broad SMARTS) is 1. The summed E-state index contributed by atoms with van der Waals surface area (Å²) in [5.74, 6) is 0. The van der Waals surface area contributed by atoms with E-state index in [1.54, 1.807) is 7.11 Å². The van der Waals surface area contributed by atoms with Crippen LogP contribution >= 0.6 is 0 Å². The molecule has 1 fully saturated rings. The number of hydrogen-bond donors (Lipinski definition) is 2. The van der Waals surface area contributed by atoms with Crippen molar-refractivity contribution in [3.05, 3.63) is 0 Å². The fraction of sp³-hybridized carbons (Fsp3) is 0.857. The summed E-state index contributed by atoms with van der Waals surface area (Å²) in [6, 6.07) is -0.00231.